The first-order valence-electron chi connectivity index (χ1n) is 6.45. The monoisotopic (exact) mass is 315 g/mol. The van der Waals surface area contributed by atoms with Crippen molar-refractivity contribution in [3.8, 4) is 0 Å². The summed E-state index contributed by atoms with van der Waals surface area (Å²) in [5.41, 5.74) is 5.81. The Kier molecular flexibility index (Phi) is 5.69. The smallest absolute Gasteiger partial charge is 0.312 e. The molecule has 0 radical (unpaired) electrons. The van der Waals surface area contributed by atoms with Crippen molar-refractivity contribution in [2.75, 3.05) is 6.54 Å². The number of hydrogen-bond donors (Lipinski definition) is 2. The van der Waals surface area contributed by atoms with Crippen LogP contribution in [0.1, 0.15) is 31.4 Å². The second kappa shape index (κ2) is 6.87. The van der Waals surface area contributed by atoms with Crippen LogP contribution < -0.4 is 11.9 Å². The van der Waals surface area contributed by atoms with E-state index in [1.807, 2.05) is 6.92 Å². The predicted molar refractivity (Wildman–Crippen MR) is 78.5 cm³/mol. The molecular weight excluding hydrogens is 297 g/mol. The van der Waals surface area contributed by atoms with Crippen molar-refractivity contribution in [2.24, 2.45) is 11.7 Å². The van der Waals surface area contributed by atoms with E-state index < -0.39 is 17.6 Å². The normalized spacial score (nSPS) is 21.6. The molecule has 5 nitrogen and oxygen atoms in total. The third-order valence-electron chi connectivity index (χ3n) is 3.62. The second-order valence-electron chi connectivity index (χ2n) is 5.19. The van der Waals surface area contributed by atoms with Gasteiger partial charge in [-0.25, -0.2) is 4.39 Å². The number of hydrogen-bond acceptors (Lipinski definition) is 3. The molecule has 5 N–H and O–H groups in total. The van der Waals surface area contributed by atoms with Gasteiger partial charge in [-0.05, 0) is 36.5 Å². The van der Waals surface area contributed by atoms with E-state index >= 15 is 0 Å². The molecule has 21 heavy (non-hydrogen) atoms. The van der Waals surface area contributed by atoms with Crippen LogP contribution in [0.2, 0.25) is 5.02 Å². The summed E-state index contributed by atoms with van der Waals surface area (Å²) in [6, 6.07) is 4.06. The number of carbonyl (C=O) groups is 2. The molecule has 0 spiro atoms. The van der Waals surface area contributed by atoms with Gasteiger partial charge in [0.25, 0.3) is 0 Å². The zero-order chi connectivity index (χ0) is 14.9. The van der Waals surface area contributed by atoms with E-state index in [9.17, 15) is 14.0 Å². The molecule has 1 fully saturated rings. The third-order valence-corrected chi connectivity index (χ3v) is 3.91. The Labute approximate surface area is 127 Å². The van der Waals surface area contributed by atoms with Crippen LogP contribution in [-0.2, 0) is 9.59 Å². The third kappa shape index (κ3) is 3.71. The number of likely N-dealkylation sites (tertiary alicyclic amines) is 1. The van der Waals surface area contributed by atoms with Gasteiger partial charge >= 0.3 is 11.8 Å². The van der Waals surface area contributed by atoms with E-state index in [1.165, 1.54) is 17.0 Å². The molecule has 0 aliphatic carbocycles. The number of carbonyl (C=O) groups excluding carboxylic acids is 2. The molecular formula is C14H19ClFN3O2. The van der Waals surface area contributed by atoms with E-state index in [0.717, 1.165) is 12.0 Å². The molecule has 1 aliphatic rings. The summed E-state index contributed by atoms with van der Waals surface area (Å²) in [7, 11) is 0. The molecule has 2 rings (SSSR count). The molecule has 1 heterocycles. The van der Waals surface area contributed by atoms with Crippen LogP contribution in [0.15, 0.2) is 18.2 Å². The van der Waals surface area contributed by atoms with Crippen LogP contribution >= 0.6 is 11.6 Å². The fraction of sp³-hybridized carbons (Fsp3) is 0.429. The lowest BCUT2D eigenvalue weighted by molar-refractivity contribution is -0.147. The molecule has 7 heteroatoms. The number of benzene rings is 1. The van der Waals surface area contributed by atoms with E-state index in [4.69, 9.17) is 17.3 Å². The highest BCUT2D eigenvalue weighted by Gasteiger charge is 2.33. The number of nitrogens with two attached hydrogens (primary N) is 1. The zero-order valence-corrected chi connectivity index (χ0v) is 12.6. The van der Waals surface area contributed by atoms with Crippen LogP contribution in [0.4, 0.5) is 4.39 Å². The highest BCUT2D eigenvalue weighted by molar-refractivity contribution is 6.34. The highest BCUT2D eigenvalue weighted by Crippen LogP contribution is 2.34. The van der Waals surface area contributed by atoms with Gasteiger partial charge in [0.2, 0.25) is 0 Å². The number of nitrogens with zero attached hydrogens (tertiary/aromatic N) is 1. The van der Waals surface area contributed by atoms with Crippen molar-refractivity contribution in [2.45, 2.75) is 25.8 Å². The van der Waals surface area contributed by atoms with Crippen molar-refractivity contribution in [1.82, 2.24) is 11.1 Å². The Balaban J connectivity index is 0.00000220. The summed E-state index contributed by atoms with van der Waals surface area (Å²) in [4.78, 5) is 24.5. The maximum Gasteiger partial charge on any atom is 0.312 e. The highest BCUT2D eigenvalue weighted by atomic mass is 35.5. The molecule has 1 aliphatic heterocycles. The van der Waals surface area contributed by atoms with Gasteiger partial charge in [0.1, 0.15) is 5.82 Å². The number of rotatable bonds is 1. The fourth-order valence-corrected chi connectivity index (χ4v) is 2.77. The molecule has 1 saturated heterocycles. The Morgan fingerprint density at radius 2 is 2.05 bits per heavy atom. The SMILES string of the molecule is CC1CCC(c2ccc(F)c(Cl)c2)N(C(=O)C(N)=O)C1.N. The van der Waals surface area contributed by atoms with Crippen LogP contribution in [0, 0.1) is 11.7 Å². The van der Waals surface area contributed by atoms with Gasteiger partial charge in [-0.15, -0.1) is 0 Å². The summed E-state index contributed by atoms with van der Waals surface area (Å²) < 4.78 is 13.2. The van der Waals surface area contributed by atoms with Gasteiger partial charge in [0.15, 0.2) is 0 Å². The van der Waals surface area contributed by atoms with Crippen LogP contribution in [0.25, 0.3) is 0 Å². The van der Waals surface area contributed by atoms with Gasteiger partial charge in [-0.1, -0.05) is 24.6 Å². The summed E-state index contributed by atoms with van der Waals surface area (Å²) in [6.07, 6.45) is 1.62. The maximum atomic E-state index is 13.2. The van der Waals surface area contributed by atoms with Gasteiger partial charge in [-0.2, -0.15) is 0 Å². The minimum absolute atomic E-state index is 0. The Morgan fingerprint density at radius 3 is 2.62 bits per heavy atom. The van der Waals surface area contributed by atoms with E-state index in [2.05, 4.69) is 0 Å². The summed E-state index contributed by atoms with van der Waals surface area (Å²) in [5, 5.41) is 0.00703. The van der Waals surface area contributed by atoms with Gasteiger partial charge < -0.3 is 16.8 Å². The van der Waals surface area contributed by atoms with Crippen molar-refractivity contribution in [3.05, 3.63) is 34.6 Å². The molecule has 116 valence electrons. The lowest BCUT2D eigenvalue weighted by atomic mass is 9.90. The number of halogens is 2. The minimum Gasteiger partial charge on any atom is -0.361 e. The standard InChI is InChI=1S/C14H16ClFN2O2.H3N/c1-8-2-5-12(18(7-8)14(20)13(17)19)9-3-4-11(16)10(15)6-9;/h3-4,6,8,12H,2,5,7H2,1H3,(H2,17,19);1H3. The Hall–Kier alpha value is -1.66. The van der Waals surface area contributed by atoms with Crippen LogP contribution in [-0.4, -0.2) is 23.3 Å². The number of amides is 2. The Bertz CT molecular complexity index is 553. The lowest BCUT2D eigenvalue weighted by Gasteiger charge is -2.38. The van der Waals surface area contributed by atoms with E-state index in [1.54, 1.807) is 6.07 Å². The molecule has 0 saturated carbocycles. The molecule has 0 bridgehead atoms. The quantitative estimate of drug-likeness (QED) is 0.778. The van der Waals surface area contributed by atoms with Crippen molar-refractivity contribution in [3.63, 3.8) is 0 Å². The largest absolute Gasteiger partial charge is 0.361 e. The van der Waals surface area contributed by atoms with E-state index in [-0.39, 0.29) is 17.2 Å². The van der Waals surface area contributed by atoms with Crippen molar-refractivity contribution in [1.29, 1.82) is 0 Å². The van der Waals surface area contributed by atoms with Gasteiger partial charge in [0.05, 0.1) is 11.1 Å². The lowest BCUT2D eigenvalue weighted by Crippen LogP contribution is -2.46. The summed E-state index contributed by atoms with van der Waals surface area (Å²) in [5.74, 6) is -1.89. The molecule has 1 aromatic carbocycles. The number of primary amides is 1. The molecule has 2 atom stereocenters. The molecule has 2 unspecified atom stereocenters. The molecule has 2 amide bonds. The van der Waals surface area contributed by atoms with Crippen molar-refractivity contribution >= 4 is 23.4 Å². The van der Waals surface area contributed by atoms with Gasteiger partial charge in [-0.3, -0.25) is 9.59 Å². The van der Waals surface area contributed by atoms with E-state index in [0.29, 0.717) is 18.9 Å². The fourth-order valence-electron chi connectivity index (χ4n) is 2.58. The average molecular weight is 316 g/mol. The second-order valence-corrected chi connectivity index (χ2v) is 5.60. The maximum absolute atomic E-state index is 13.2. The van der Waals surface area contributed by atoms with Crippen molar-refractivity contribution < 1.29 is 14.0 Å². The minimum atomic E-state index is -0.975. The first kappa shape index (κ1) is 17.4. The first-order chi connectivity index (χ1) is 9.40. The topological polar surface area (TPSA) is 98.4 Å². The predicted octanol–water partition coefficient (Wildman–Crippen LogP) is 2.43. The van der Waals surface area contributed by atoms with Crippen LogP contribution in [0.5, 0.6) is 0 Å². The molecule has 1 aromatic rings. The van der Waals surface area contributed by atoms with Crippen LogP contribution in [0.3, 0.4) is 0 Å². The zero-order valence-electron chi connectivity index (χ0n) is 11.8. The summed E-state index contributed by atoms with van der Waals surface area (Å²) in [6.45, 7) is 2.47. The average Bonchev–Trinajstić information content (AvgIpc) is 2.41. The Morgan fingerprint density at radius 1 is 1.38 bits per heavy atom. The first-order valence-corrected chi connectivity index (χ1v) is 6.83. The van der Waals surface area contributed by atoms with Gasteiger partial charge in [0, 0.05) is 6.54 Å². The molecule has 0 aromatic heterocycles. The summed E-state index contributed by atoms with van der Waals surface area (Å²) >= 11 is 5.78. The number of piperidine rings is 1.